The molecule has 0 saturated carbocycles. The second-order valence-corrected chi connectivity index (χ2v) is 5.86. The van der Waals surface area contributed by atoms with Gasteiger partial charge in [0.2, 0.25) is 0 Å². The summed E-state index contributed by atoms with van der Waals surface area (Å²) in [6.07, 6.45) is 0. The molecule has 2 aromatic carbocycles. The van der Waals surface area contributed by atoms with Crippen LogP contribution in [0, 0.1) is 0 Å². The highest BCUT2D eigenvalue weighted by Gasteiger charge is 2.32. The lowest BCUT2D eigenvalue weighted by Crippen LogP contribution is -2.18. The minimum atomic E-state index is -1.42. The van der Waals surface area contributed by atoms with E-state index in [1.807, 2.05) is 0 Å². The molecule has 0 fully saturated rings. The van der Waals surface area contributed by atoms with Gasteiger partial charge in [0.25, 0.3) is 0 Å². The maximum atomic E-state index is 11.7. The molecule has 2 unspecified atom stereocenters. The molecule has 24 heavy (non-hydrogen) atoms. The zero-order chi connectivity index (χ0) is 17.7. The summed E-state index contributed by atoms with van der Waals surface area (Å²) < 4.78 is 0. The highest BCUT2D eigenvalue weighted by atomic mass is 35.5. The van der Waals surface area contributed by atoms with Crippen molar-refractivity contribution in [3.05, 3.63) is 82.9 Å². The third kappa shape index (κ3) is 3.96. The van der Waals surface area contributed by atoms with Crippen molar-refractivity contribution >= 4 is 35.1 Å². The molecule has 0 saturated heterocycles. The minimum Gasteiger partial charge on any atom is -0.478 e. The second kappa shape index (κ2) is 7.99. The number of hydrogen-bond acceptors (Lipinski definition) is 2. The molecule has 0 aliphatic rings. The normalized spacial score (nSPS) is 14.4. The second-order valence-electron chi connectivity index (χ2n) is 4.98. The van der Waals surface area contributed by atoms with Crippen molar-refractivity contribution in [2.75, 3.05) is 0 Å². The quantitative estimate of drug-likeness (QED) is 0.587. The van der Waals surface area contributed by atoms with E-state index in [0.29, 0.717) is 11.1 Å². The maximum Gasteiger partial charge on any atom is 0.334 e. The van der Waals surface area contributed by atoms with Gasteiger partial charge < -0.3 is 10.2 Å². The number of benzene rings is 2. The lowest BCUT2D eigenvalue weighted by Gasteiger charge is -2.18. The Balaban J connectivity index is 2.60. The third-order valence-corrected chi connectivity index (χ3v) is 4.38. The molecule has 6 heteroatoms. The first-order valence-electron chi connectivity index (χ1n) is 7.02. The van der Waals surface area contributed by atoms with Crippen LogP contribution in [0.3, 0.4) is 0 Å². The van der Waals surface area contributed by atoms with Crippen LogP contribution >= 0.6 is 23.2 Å². The first-order valence-corrected chi connectivity index (χ1v) is 7.89. The minimum absolute atomic E-state index is 0.445. The van der Waals surface area contributed by atoms with Crippen LogP contribution in [-0.4, -0.2) is 22.2 Å². The molecule has 2 atom stereocenters. The number of carboxylic acids is 2. The predicted octanol–water partition coefficient (Wildman–Crippen LogP) is 4.41. The average molecular weight is 365 g/mol. The molecule has 2 N–H and O–H groups in total. The zero-order valence-electron chi connectivity index (χ0n) is 12.4. The fourth-order valence-electron chi connectivity index (χ4n) is 2.30. The van der Waals surface area contributed by atoms with Crippen molar-refractivity contribution in [2.45, 2.75) is 10.8 Å². The number of halogens is 2. The molecule has 0 aromatic heterocycles. The van der Waals surface area contributed by atoms with Crippen molar-refractivity contribution in [1.29, 1.82) is 0 Å². The number of hydrogen-bond donors (Lipinski definition) is 2. The van der Waals surface area contributed by atoms with E-state index in [4.69, 9.17) is 23.2 Å². The number of aliphatic carboxylic acids is 2. The van der Waals surface area contributed by atoms with Gasteiger partial charge >= 0.3 is 11.9 Å². The molecule has 0 spiro atoms. The Morgan fingerprint density at radius 2 is 0.958 bits per heavy atom. The number of carboxylic acid groups (broad SMARTS) is 2. The summed E-state index contributed by atoms with van der Waals surface area (Å²) in [5.41, 5.74) is 0.0675. The molecule has 2 aromatic rings. The van der Waals surface area contributed by atoms with Gasteiger partial charge in [-0.2, -0.15) is 0 Å². The standard InChI is InChI=1S/C18H14Cl2O4/c19-15(11-7-3-1-4-8-11)13(17(21)22)14(18(23)24)16(20)12-9-5-2-6-10-12/h1-10,15-16H,(H,21,22)(H,23,24). The van der Waals surface area contributed by atoms with Crippen LogP contribution in [-0.2, 0) is 9.59 Å². The smallest absolute Gasteiger partial charge is 0.334 e. The Morgan fingerprint density at radius 1 is 0.667 bits per heavy atom. The summed E-state index contributed by atoms with van der Waals surface area (Å²) in [5.74, 6) is -2.84. The highest BCUT2D eigenvalue weighted by Crippen LogP contribution is 2.38. The Bertz CT molecular complexity index is 692. The number of rotatable bonds is 6. The van der Waals surface area contributed by atoms with E-state index in [0.717, 1.165) is 0 Å². The van der Waals surface area contributed by atoms with E-state index in [1.54, 1.807) is 60.7 Å². The van der Waals surface area contributed by atoms with E-state index in [9.17, 15) is 19.8 Å². The van der Waals surface area contributed by atoms with E-state index in [1.165, 1.54) is 0 Å². The van der Waals surface area contributed by atoms with E-state index < -0.39 is 33.8 Å². The van der Waals surface area contributed by atoms with Crippen LogP contribution in [0.25, 0.3) is 0 Å². The molecular weight excluding hydrogens is 351 g/mol. The first-order chi connectivity index (χ1) is 11.4. The maximum absolute atomic E-state index is 11.7. The van der Waals surface area contributed by atoms with Crippen molar-refractivity contribution in [1.82, 2.24) is 0 Å². The van der Waals surface area contributed by atoms with Gasteiger partial charge in [0.1, 0.15) is 0 Å². The Morgan fingerprint density at radius 3 is 1.21 bits per heavy atom. The topological polar surface area (TPSA) is 74.6 Å². The van der Waals surface area contributed by atoms with Gasteiger partial charge in [0.05, 0.1) is 21.9 Å². The largest absolute Gasteiger partial charge is 0.478 e. The van der Waals surface area contributed by atoms with Crippen molar-refractivity contribution in [3.8, 4) is 0 Å². The van der Waals surface area contributed by atoms with Crippen LogP contribution in [0.1, 0.15) is 21.9 Å². The van der Waals surface area contributed by atoms with Gasteiger partial charge in [-0.25, -0.2) is 9.59 Å². The van der Waals surface area contributed by atoms with Gasteiger partial charge in [0, 0.05) is 0 Å². The average Bonchev–Trinajstić information content (AvgIpc) is 2.59. The molecule has 0 radical (unpaired) electrons. The lowest BCUT2D eigenvalue weighted by molar-refractivity contribution is -0.136. The summed E-state index contributed by atoms with van der Waals surface area (Å²) in [5, 5.41) is 16.8. The third-order valence-electron chi connectivity index (χ3n) is 3.44. The number of carbonyl (C=O) groups is 2. The van der Waals surface area contributed by atoms with Crippen molar-refractivity contribution in [2.24, 2.45) is 0 Å². The van der Waals surface area contributed by atoms with Crippen LogP contribution in [0.2, 0.25) is 0 Å². The van der Waals surface area contributed by atoms with Crippen LogP contribution in [0.4, 0.5) is 0 Å². The van der Waals surface area contributed by atoms with Crippen LogP contribution < -0.4 is 0 Å². The molecular formula is C18H14Cl2O4. The Kier molecular flexibility index (Phi) is 6.01. The first kappa shape index (κ1) is 18.0. The molecule has 0 heterocycles. The van der Waals surface area contributed by atoms with Crippen molar-refractivity contribution < 1.29 is 19.8 Å². The number of alkyl halides is 2. The summed E-state index contributed by atoms with van der Waals surface area (Å²) >= 11 is 12.6. The predicted molar refractivity (Wildman–Crippen MR) is 92.4 cm³/mol. The summed E-state index contributed by atoms with van der Waals surface area (Å²) in [6, 6.07) is 16.8. The van der Waals surface area contributed by atoms with Gasteiger partial charge in [-0.1, -0.05) is 60.7 Å². The molecule has 0 bridgehead atoms. The van der Waals surface area contributed by atoms with Crippen LogP contribution in [0.15, 0.2) is 71.8 Å². The fraction of sp³-hybridized carbons (Fsp3) is 0.111. The molecule has 4 nitrogen and oxygen atoms in total. The Labute approximate surface area is 149 Å². The monoisotopic (exact) mass is 364 g/mol. The Hall–Kier alpha value is -2.30. The molecule has 2 rings (SSSR count). The SMILES string of the molecule is O=C(O)C(=C(C(=O)O)C(Cl)c1ccccc1)C(Cl)c1ccccc1. The van der Waals surface area contributed by atoms with E-state index in [-0.39, 0.29) is 0 Å². The summed E-state index contributed by atoms with van der Waals surface area (Å²) in [7, 11) is 0. The zero-order valence-corrected chi connectivity index (χ0v) is 13.9. The van der Waals surface area contributed by atoms with Crippen molar-refractivity contribution in [3.63, 3.8) is 0 Å². The van der Waals surface area contributed by atoms with Gasteiger partial charge in [0.15, 0.2) is 0 Å². The van der Waals surface area contributed by atoms with Gasteiger partial charge in [-0.3, -0.25) is 0 Å². The van der Waals surface area contributed by atoms with Crippen LogP contribution in [0.5, 0.6) is 0 Å². The summed E-state index contributed by atoms with van der Waals surface area (Å²) in [4.78, 5) is 23.5. The van der Waals surface area contributed by atoms with Gasteiger partial charge in [-0.15, -0.1) is 23.2 Å². The summed E-state index contributed by atoms with van der Waals surface area (Å²) in [6.45, 7) is 0. The molecule has 0 aliphatic carbocycles. The highest BCUT2D eigenvalue weighted by molar-refractivity contribution is 6.29. The lowest BCUT2D eigenvalue weighted by atomic mass is 9.94. The molecule has 0 aliphatic heterocycles. The van der Waals surface area contributed by atoms with E-state index in [2.05, 4.69) is 0 Å². The molecule has 0 amide bonds. The van der Waals surface area contributed by atoms with E-state index >= 15 is 0 Å². The molecule has 124 valence electrons. The fourth-order valence-corrected chi connectivity index (χ4v) is 3.01. The van der Waals surface area contributed by atoms with Gasteiger partial charge in [-0.05, 0) is 11.1 Å².